The van der Waals surface area contributed by atoms with E-state index in [2.05, 4.69) is 48.7 Å². The molecule has 0 heterocycles. The van der Waals surface area contributed by atoms with Crippen molar-refractivity contribution < 1.29 is 14.4 Å². The summed E-state index contributed by atoms with van der Waals surface area (Å²) in [5.41, 5.74) is 8.70. The molecular formula is C25H34N4O3. The first-order valence-electron chi connectivity index (χ1n) is 11.1. The largest absolute Gasteiger partial charge is 0.366 e. The number of rotatable bonds is 12. The van der Waals surface area contributed by atoms with Gasteiger partial charge < -0.3 is 16.4 Å². The van der Waals surface area contributed by atoms with E-state index in [1.165, 1.54) is 11.1 Å². The fourth-order valence-corrected chi connectivity index (χ4v) is 3.22. The van der Waals surface area contributed by atoms with Crippen molar-refractivity contribution in [1.82, 2.24) is 10.2 Å². The molecule has 2 aromatic rings. The predicted octanol–water partition coefficient (Wildman–Crippen LogP) is 2.92. The zero-order valence-corrected chi connectivity index (χ0v) is 19.2. The molecule has 0 saturated carbocycles. The molecule has 0 fully saturated rings. The predicted molar refractivity (Wildman–Crippen MR) is 128 cm³/mol. The highest BCUT2D eigenvalue weighted by Gasteiger charge is 2.11. The molecule has 0 atom stereocenters. The van der Waals surface area contributed by atoms with Crippen LogP contribution in [0.2, 0.25) is 0 Å². The first-order chi connectivity index (χ1) is 15.3. The summed E-state index contributed by atoms with van der Waals surface area (Å²) in [5.74, 6) is -0.203. The molecule has 2 aromatic carbocycles. The number of hydrogen-bond donors (Lipinski definition) is 3. The van der Waals surface area contributed by atoms with Crippen LogP contribution in [0.3, 0.4) is 0 Å². The number of carbonyl (C=O) groups excluding carboxylic acids is 3. The molecule has 0 aliphatic carbocycles. The third-order valence-corrected chi connectivity index (χ3v) is 5.30. The molecule has 0 aromatic heterocycles. The van der Waals surface area contributed by atoms with Gasteiger partial charge in [-0.25, -0.2) is 0 Å². The van der Waals surface area contributed by atoms with Gasteiger partial charge >= 0.3 is 0 Å². The molecule has 0 saturated heterocycles. The Labute approximate surface area is 190 Å². The highest BCUT2D eigenvalue weighted by molar-refractivity contribution is 5.94. The summed E-state index contributed by atoms with van der Waals surface area (Å²) in [6, 6.07) is 14.9. The van der Waals surface area contributed by atoms with Crippen molar-refractivity contribution >= 4 is 23.4 Å². The third kappa shape index (κ3) is 8.51. The minimum Gasteiger partial charge on any atom is -0.366 e. The number of nitrogens with zero attached hydrogens (tertiary/aromatic N) is 1. The van der Waals surface area contributed by atoms with Crippen molar-refractivity contribution in [3.63, 3.8) is 0 Å². The van der Waals surface area contributed by atoms with Gasteiger partial charge in [0.15, 0.2) is 0 Å². The summed E-state index contributed by atoms with van der Waals surface area (Å²) in [6.07, 6.45) is 1.05. The number of hydrogen-bond acceptors (Lipinski definition) is 4. The number of benzene rings is 2. The van der Waals surface area contributed by atoms with Crippen LogP contribution in [0.1, 0.15) is 54.6 Å². The molecule has 0 spiro atoms. The monoisotopic (exact) mass is 438 g/mol. The zero-order chi connectivity index (χ0) is 23.5. The van der Waals surface area contributed by atoms with Gasteiger partial charge in [-0.15, -0.1) is 0 Å². The first kappa shape index (κ1) is 25.1. The third-order valence-electron chi connectivity index (χ3n) is 5.30. The summed E-state index contributed by atoms with van der Waals surface area (Å²) < 4.78 is 0. The fraction of sp³-hybridized carbons (Fsp3) is 0.400. The standard InChI is InChI=1S/C25H34N4O3/c1-4-29(16-14-23(30)28-22-11-9-21(10-12-22)25(26)32)17-24(31)27-15-13-19-5-7-20(8-6-19)18(2)3/h5-12,18H,4,13-17H2,1-3H3,(H2,26,32)(H,27,31)(H,28,30). The molecule has 0 aliphatic rings. The van der Waals surface area contributed by atoms with Crippen molar-refractivity contribution in [2.24, 2.45) is 5.73 Å². The fourth-order valence-electron chi connectivity index (χ4n) is 3.22. The molecule has 0 aliphatic heterocycles. The zero-order valence-electron chi connectivity index (χ0n) is 19.2. The second-order valence-electron chi connectivity index (χ2n) is 8.10. The number of primary amides is 1. The summed E-state index contributed by atoms with van der Waals surface area (Å²) in [4.78, 5) is 37.5. The summed E-state index contributed by atoms with van der Waals surface area (Å²) in [7, 11) is 0. The van der Waals surface area contributed by atoms with E-state index in [4.69, 9.17) is 5.73 Å². The van der Waals surface area contributed by atoms with Crippen LogP contribution in [0.4, 0.5) is 5.69 Å². The molecule has 0 unspecified atom stereocenters. The molecule has 4 N–H and O–H groups in total. The lowest BCUT2D eigenvalue weighted by molar-refractivity contribution is -0.123. The number of likely N-dealkylation sites (N-methyl/N-ethyl adjacent to an activating group) is 1. The van der Waals surface area contributed by atoms with Crippen LogP contribution in [0.25, 0.3) is 0 Å². The number of carbonyl (C=O) groups is 3. The lowest BCUT2D eigenvalue weighted by Crippen LogP contribution is -2.39. The van der Waals surface area contributed by atoms with Crippen LogP contribution in [-0.4, -0.2) is 48.8 Å². The molecule has 172 valence electrons. The lowest BCUT2D eigenvalue weighted by Gasteiger charge is -2.19. The van der Waals surface area contributed by atoms with E-state index in [9.17, 15) is 14.4 Å². The second kappa shape index (κ2) is 12.6. The number of amides is 3. The Bertz CT molecular complexity index is 892. The van der Waals surface area contributed by atoms with Crippen molar-refractivity contribution in [3.8, 4) is 0 Å². The van der Waals surface area contributed by atoms with Gasteiger partial charge in [0.2, 0.25) is 17.7 Å². The van der Waals surface area contributed by atoms with Gasteiger partial charge in [-0.1, -0.05) is 45.0 Å². The van der Waals surface area contributed by atoms with Gasteiger partial charge in [0, 0.05) is 30.8 Å². The van der Waals surface area contributed by atoms with Gasteiger partial charge in [0.25, 0.3) is 0 Å². The van der Waals surface area contributed by atoms with E-state index in [1.807, 2.05) is 11.8 Å². The average Bonchev–Trinajstić information content (AvgIpc) is 2.77. The van der Waals surface area contributed by atoms with Crippen molar-refractivity contribution in [2.75, 3.05) is 31.5 Å². The van der Waals surface area contributed by atoms with Gasteiger partial charge in [-0.2, -0.15) is 0 Å². The summed E-state index contributed by atoms with van der Waals surface area (Å²) in [5, 5.41) is 5.74. The molecule has 7 heteroatoms. The lowest BCUT2D eigenvalue weighted by atomic mass is 10.0. The molecular weight excluding hydrogens is 404 g/mol. The van der Waals surface area contributed by atoms with Crippen molar-refractivity contribution in [3.05, 3.63) is 65.2 Å². The van der Waals surface area contributed by atoms with E-state index >= 15 is 0 Å². The topological polar surface area (TPSA) is 105 Å². The van der Waals surface area contributed by atoms with Crippen molar-refractivity contribution in [1.29, 1.82) is 0 Å². The first-order valence-corrected chi connectivity index (χ1v) is 11.1. The van der Waals surface area contributed by atoms with Crippen LogP contribution < -0.4 is 16.4 Å². The van der Waals surface area contributed by atoms with Gasteiger partial charge in [0.1, 0.15) is 0 Å². The van der Waals surface area contributed by atoms with Crippen LogP contribution >= 0.6 is 0 Å². The van der Waals surface area contributed by atoms with Gasteiger partial charge in [-0.05, 0) is 54.3 Å². The smallest absolute Gasteiger partial charge is 0.248 e. The maximum Gasteiger partial charge on any atom is 0.248 e. The van der Waals surface area contributed by atoms with E-state index in [0.29, 0.717) is 36.8 Å². The molecule has 3 amide bonds. The summed E-state index contributed by atoms with van der Waals surface area (Å²) >= 11 is 0. The molecule has 0 bridgehead atoms. The Morgan fingerprint density at radius 3 is 2.19 bits per heavy atom. The SMILES string of the molecule is CCN(CCC(=O)Nc1ccc(C(N)=O)cc1)CC(=O)NCCc1ccc(C(C)C)cc1. The van der Waals surface area contributed by atoms with Crippen LogP contribution in [0.15, 0.2) is 48.5 Å². The summed E-state index contributed by atoms with van der Waals surface area (Å²) in [6.45, 7) is 8.28. The molecule has 32 heavy (non-hydrogen) atoms. The Morgan fingerprint density at radius 2 is 1.62 bits per heavy atom. The maximum absolute atomic E-state index is 12.3. The Hall–Kier alpha value is -3.19. The highest BCUT2D eigenvalue weighted by Crippen LogP contribution is 2.14. The average molecular weight is 439 g/mol. The Kier molecular flexibility index (Phi) is 9.88. The molecule has 7 nitrogen and oxygen atoms in total. The minimum atomic E-state index is -0.510. The maximum atomic E-state index is 12.3. The van der Waals surface area contributed by atoms with E-state index in [0.717, 1.165) is 6.42 Å². The van der Waals surface area contributed by atoms with Crippen LogP contribution in [0, 0.1) is 0 Å². The number of nitrogens with two attached hydrogens (primary N) is 1. The molecule has 2 rings (SSSR count). The normalized spacial score (nSPS) is 10.9. The quantitative estimate of drug-likeness (QED) is 0.474. The Morgan fingerprint density at radius 1 is 0.969 bits per heavy atom. The number of anilines is 1. The second-order valence-corrected chi connectivity index (χ2v) is 8.10. The number of nitrogens with one attached hydrogen (secondary N) is 2. The van der Waals surface area contributed by atoms with E-state index in [1.54, 1.807) is 24.3 Å². The van der Waals surface area contributed by atoms with Crippen LogP contribution in [0.5, 0.6) is 0 Å². The van der Waals surface area contributed by atoms with E-state index < -0.39 is 5.91 Å². The van der Waals surface area contributed by atoms with Crippen molar-refractivity contribution in [2.45, 2.75) is 39.5 Å². The van der Waals surface area contributed by atoms with Gasteiger partial charge in [0.05, 0.1) is 6.54 Å². The van der Waals surface area contributed by atoms with Crippen LogP contribution in [-0.2, 0) is 16.0 Å². The minimum absolute atomic E-state index is 0.0481. The molecule has 0 radical (unpaired) electrons. The highest BCUT2D eigenvalue weighted by atomic mass is 16.2. The van der Waals surface area contributed by atoms with E-state index in [-0.39, 0.29) is 24.8 Å². The van der Waals surface area contributed by atoms with Gasteiger partial charge in [-0.3, -0.25) is 19.3 Å². The Balaban J connectivity index is 1.69.